The molecule has 0 aliphatic carbocycles. The fourth-order valence-electron chi connectivity index (χ4n) is 5.39. The summed E-state index contributed by atoms with van der Waals surface area (Å²) in [5.41, 5.74) is 3.80. The van der Waals surface area contributed by atoms with E-state index >= 15 is 0 Å². The first-order valence-corrected chi connectivity index (χ1v) is 15.5. The lowest BCUT2D eigenvalue weighted by Gasteiger charge is -2.25. The zero-order valence-electron chi connectivity index (χ0n) is 25.3. The molecule has 7 heteroatoms. The summed E-state index contributed by atoms with van der Waals surface area (Å²) in [7, 11) is 0. The van der Waals surface area contributed by atoms with E-state index in [1.54, 1.807) is 0 Å². The standard InChI is InChI=1S/C33H52N6O/c1-4-10-32(40)16-24-38(23-8-7-22-37(20-5-2)21-6-3)25-29-12-14-30(15-13-29)26-39(27-31-11-9-17-34-31)28-33-35-18-19-36-33/h9,12-15,17-19H,4-8,10-11,16,20-28H2,1-3H3,(H,35,36). The van der Waals surface area contributed by atoms with Crippen molar-refractivity contribution in [3.8, 4) is 0 Å². The van der Waals surface area contributed by atoms with Crippen LogP contribution in [-0.2, 0) is 24.4 Å². The molecule has 0 spiro atoms. The second kappa shape index (κ2) is 18.7. The molecule has 0 unspecified atom stereocenters. The Morgan fingerprint density at radius 2 is 1.45 bits per heavy atom. The highest BCUT2D eigenvalue weighted by molar-refractivity contribution is 5.89. The van der Waals surface area contributed by atoms with Crippen LogP contribution < -0.4 is 0 Å². The number of rotatable bonds is 22. The lowest BCUT2D eigenvalue weighted by atomic mass is 10.1. The largest absolute Gasteiger partial charge is 0.348 e. The summed E-state index contributed by atoms with van der Waals surface area (Å²) in [5, 5.41) is 0. The van der Waals surface area contributed by atoms with E-state index in [9.17, 15) is 4.79 Å². The van der Waals surface area contributed by atoms with Crippen LogP contribution in [0.25, 0.3) is 0 Å². The summed E-state index contributed by atoms with van der Waals surface area (Å²) in [6.45, 7) is 15.4. The molecule has 1 N–H and O–H groups in total. The maximum absolute atomic E-state index is 12.3. The van der Waals surface area contributed by atoms with Gasteiger partial charge in [0, 0.05) is 69.7 Å². The molecule has 3 rings (SSSR count). The Morgan fingerprint density at radius 1 is 0.775 bits per heavy atom. The van der Waals surface area contributed by atoms with Crippen molar-refractivity contribution in [2.75, 3.05) is 39.3 Å². The molecule has 0 fully saturated rings. The SMILES string of the molecule is CCCC(=O)CCN(CCCCN(CCC)CCC)Cc1ccc(CN(CC2=NC=CC2)Cc2ncc[nH]2)cc1. The fourth-order valence-corrected chi connectivity index (χ4v) is 5.39. The van der Waals surface area contributed by atoms with E-state index in [1.165, 1.54) is 62.2 Å². The number of ketones is 1. The van der Waals surface area contributed by atoms with Crippen LogP contribution >= 0.6 is 0 Å². The first-order chi connectivity index (χ1) is 19.6. The number of hydrogen-bond donors (Lipinski definition) is 1. The summed E-state index contributed by atoms with van der Waals surface area (Å²) in [4.78, 5) is 32.0. The number of carbonyl (C=O) groups excluding carboxylic acids is 1. The summed E-state index contributed by atoms with van der Waals surface area (Å²) < 4.78 is 0. The van der Waals surface area contributed by atoms with Crippen LogP contribution in [0.15, 0.2) is 53.9 Å². The summed E-state index contributed by atoms with van der Waals surface area (Å²) >= 11 is 0. The minimum atomic E-state index is 0.388. The molecule has 1 aromatic carbocycles. The van der Waals surface area contributed by atoms with Crippen molar-refractivity contribution in [3.05, 3.63) is 65.9 Å². The molecule has 1 aliphatic rings. The van der Waals surface area contributed by atoms with Gasteiger partial charge in [0.25, 0.3) is 0 Å². The van der Waals surface area contributed by atoms with Gasteiger partial charge in [-0.3, -0.25) is 19.6 Å². The maximum atomic E-state index is 12.3. The van der Waals surface area contributed by atoms with Crippen LogP contribution in [0.2, 0.25) is 0 Å². The van der Waals surface area contributed by atoms with Crippen LogP contribution in [0.5, 0.6) is 0 Å². The van der Waals surface area contributed by atoms with E-state index in [4.69, 9.17) is 0 Å². The predicted molar refractivity (Wildman–Crippen MR) is 166 cm³/mol. The predicted octanol–water partition coefficient (Wildman–Crippen LogP) is 6.23. The van der Waals surface area contributed by atoms with Crippen molar-refractivity contribution in [2.45, 2.75) is 91.8 Å². The zero-order valence-corrected chi connectivity index (χ0v) is 25.3. The molecule has 2 heterocycles. The molecule has 7 nitrogen and oxygen atoms in total. The van der Waals surface area contributed by atoms with Crippen LogP contribution in [0.3, 0.4) is 0 Å². The van der Waals surface area contributed by atoms with Gasteiger partial charge in [0.15, 0.2) is 0 Å². The molecule has 0 saturated carbocycles. The van der Waals surface area contributed by atoms with Gasteiger partial charge in [-0.25, -0.2) is 4.98 Å². The Hall–Kier alpha value is -2.61. The molecule has 0 amide bonds. The number of H-pyrrole nitrogens is 1. The number of Topliss-reactive ketones (excluding diaryl/α,β-unsaturated/α-hetero) is 1. The molecule has 0 atom stereocenters. The molecule has 0 radical (unpaired) electrons. The first-order valence-electron chi connectivity index (χ1n) is 15.5. The van der Waals surface area contributed by atoms with Gasteiger partial charge in [-0.15, -0.1) is 0 Å². The van der Waals surface area contributed by atoms with Gasteiger partial charge in [-0.2, -0.15) is 0 Å². The highest BCUT2D eigenvalue weighted by Crippen LogP contribution is 2.14. The van der Waals surface area contributed by atoms with E-state index in [0.717, 1.165) is 57.9 Å². The summed E-state index contributed by atoms with van der Waals surface area (Å²) in [5.74, 6) is 1.36. The van der Waals surface area contributed by atoms with Gasteiger partial charge in [-0.05, 0) is 69.4 Å². The lowest BCUT2D eigenvalue weighted by molar-refractivity contribution is -0.119. The quantitative estimate of drug-likeness (QED) is 0.177. The van der Waals surface area contributed by atoms with Gasteiger partial charge < -0.3 is 9.88 Å². The highest BCUT2D eigenvalue weighted by atomic mass is 16.1. The smallest absolute Gasteiger partial charge is 0.134 e. The number of aromatic amines is 1. The number of nitrogens with zero attached hydrogens (tertiary/aromatic N) is 5. The second-order valence-electron chi connectivity index (χ2n) is 11.1. The topological polar surface area (TPSA) is 67.8 Å². The highest BCUT2D eigenvalue weighted by Gasteiger charge is 2.14. The van der Waals surface area contributed by atoms with Gasteiger partial charge >= 0.3 is 0 Å². The number of unbranched alkanes of at least 4 members (excludes halogenated alkanes) is 1. The van der Waals surface area contributed by atoms with E-state index in [0.29, 0.717) is 18.6 Å². The minimum Gasteiger partial charge on any atom is -0.348 e. The van der Waals surface area contributed by atoms with E-state index < -0.39 is 0 Å². The third kappa shape index (κ3) is 12.3. The summed E-state index contributed by atoms with van der Waals surface area (Å²) in [6.07, 6.45) is 15.7. The van der Waals surface area contributed by atoms with E-state index in [2.05, 4.69) is 80.8 Å². The Kier molecular flexibility index (Phi) is 14.9. The van der Waals surface area contributed by atoms with Crippen molar-refractivity contribution in [1.82, 2.24) is 24.7 Å². The zero-order chi connectivity index (χ0) is 28.4. The van der Waals surface area contributed by atoms with Crippen molar-refractivity contribution < 1.29 is 4.79 Å². The van der Waals surface area contributed by atoms with E-state index in [-0.39, 0.29) is 0 Å². The minimum absolute atomic E-state index is 0.388. The lowest BCUT2D eigenvalue weighted by Crippen LogP contribution is -2.30. The van der Waals surface area contributed by atoms with Crippen molar-refractivity contribution in [1.29, 1.82) is 0 Å². The Morgan fingerprint density at radius 3 is 2.02 bits per heavy atom. The van der Waals surface area contributed by atoms with Crippen LogP contribution in [0, 0.1) is 0 Å². The summed E-state index contributed by atoms with van der Waals surface area (Å²) in [6, 6.07) is 9.04. The van der Waals surface area contributed by atoms with Gasteiger partial charge in [0.05, 0.1) is 6.54 Å². The molecule has 0 bridgehead atoms. The van der Waals surface area contributed by atoms with Crippen LogP contribution in [0.4, 0.5) is 0 Å². The van der Waals surface area contributed by atoms with Gasteiger partial charge in [0.2, 0.25) is 0 Å². The molecule has 220 valence electrons. The molecule has 1 aromatic heterocycles. The van der Waals surface area contributed by atoms with Crippen molar-refractivity contribution in [3.63, 3.8) is 0 Å². The number of hydrogen-bond acceptors (Lipinski definition) is 6. The average molecular weight is 549 g/mol. The number of aliphatic imine (C=N–C) groups is 1. The van der Waals surface area contributed by atoms with Crippen molar-refractivity contribution in [2.24, 2.45) is 4.99 Å². The third-order valence-electron chi connectivity index (χ3n) is 7.40. The van der Waals surface area contributed by atoms with Crippen LogP contribution in [0.1, 0.15) is 89.1 Å². The molecule has 40 heavy (non-hydrogen) atoms. The molecule has 1 aliphatic heterocycles. The van der Waals surface area contributed by atoms with Crippen LogP contribution in [-0.4, -0.2) is 75.4 Å². The second-order valence-corrected chi connectivity index (χ2v) is 11.1. The first kappa shape index (κ1) is 31.9. The number of aromatic nitrogens is 2. The molecular formula is C33H52N6O. The third-order valence-corrected chi connectivity index (χ3v) is 7.40. The fraction of sp³-hybridized carbons (Fsp3) is 0.606. The normalized spacial score (nSPS) is 13.2. The molecule has 0 saturated heterocycles. The number of benzene rings is 1. The number of nitrogens with one attached hydrogen (secondary N) is 1. The Bertz CT molecular complexity index is 1010. The maximum Gasteiger partial charge on any atom is 0.134 e. The Labute approximate surface area is 242 Å². The molecule has 2 aromatic rings. The van der Waals surface area contributed by atoms with E-state index in [1.807, 2.05) is 18.6 Å². The van der Waals surface area contributed by atoms with Gasteiger partial charge in [-0.1, -0.05) is 51.1 Å². The molecular weight excluding hydrogens is 496 g/mol. The number of allylic oxidation sites excluding steroid dienone is 1. The number of carbonyl (C=O) groups is 1. The number of imidazole rings is 1. The van der Waals surface area contributed by atoms with Gasteiger partial charge in [0.1, 0.15) is 11.6 Å². The monoisotopic (exact) mass is 548 g/mol. The average Bonchev–Trinajstić information content (AvgIpc) is 3.66. The van der Waals surface area contributed by atoms with Crippen molar-refractivity contribution >= 4 is 11.5 Å². The Balaban J connectivity index is 1.55.